The van der Waals surface area contributed by atoms with Gasteiger partial charge in [-0.1, -0.05) is 48.5 Å². The van der Waals surface area contributed by atoms with E-state index in [4.69, 9.17) is 15.2 Å². The van der Waals surface area contributed by atoms with Crippen molar-refractivity contribution in [3.8, 4) is 22.7 Å². The molecule has 44 heavy (non-hydrogen) atoms. The van der Waals surface area contributed by atoms with Gasteiger partial charge in [0.2, 0.25) is 5.91 Å². The van der Waals surface area contributed by atoms with E-state index in [-0.39, 0.29) is 19.1 Å². The van der Waals surface area contributed by atoms with Crippen molar-refractivity contribution in [2.45, 2.75) is 39.3 Å². The Morgan fingerprint density at radius 1 is 0.886 bits per heavy atom. The van der Waals surface area contributed by atoms with Crippen LogP contribution in [0.5, 0.6) is 5.75 Å². The molecule has 1 saturated heterocycles. The molecule has 5 rings (SSSR count). The van der Waals surface area contributed by atoms with E-state index in [1.807, 2.05) is 94.4 Å². The molecule has 0 bridgehead atoms. The normalized spacial score (nSPS) is 15.1. The minimum Gasteiger partial charge on any atom is -0.491 e. The van der Waals surface area contributed by atoms with Crippen molar-refractivity contribution in [3.05, 3.63) is 108 Å². The van der Waals surface area contributed by atoms with E-state index in [0.717, 1.165) is 22.6 Å². The summed E-state index contributed by atoms with van der Waals surface area (Å²) in [6.45, 7) is 8.45. The minimum absolute atomic E-state index is 0.125. The molecule has 1 fully saturated rings. The summed E-state index contributed by atoms with van der Waals surface area (Å²) in [5.74, 6) is -0.156. The molecule has 1 aliphatic heterocycles. The highest BCUT2D eigenvalue weighted by molar-refractivity contribution is 6.01. The van der Waals surface area contributed by atoms with Crippen molar-refractivity contribution >= 4 is 17.9 Å². The van der Waals surface area contributed by atoms with Crippen molar-refractivity contribution in [2.75, 3.05) is 26.2 Å². The van der Waals surface area contributed by atoms with E-state index >= 15 is 0 Å². The third kappa shape index (κ3) is 6.78. The van der Waals surface area contributed by atoms with Gasteiger partial charge in [-0.15, -0.1) is 0 Å². The SMILES string of the molecule is Cc1cc(C(=O)N2CCN(C(=O)OC(C)(C)C)CC2COc2ccc(C(N)=O)cc2)c(-c2ccccc2)n1-c1ccccc1. The number of primary amides is 1. The molecule has 4 aromatic rings. The number of amides is 3. The van der Waals surface area contributed by atoms with Crippen molar-refractivity contribution < 1.29 is 23.9 Å². The van der Waals surface area contributed by atoms with Crippen LogP contribution in [0.4, 0.5) is 4.79 Å². The third-order valence-electron chi connectivity index (χ3n) is 7.45. The van der Waals surface area contributed by atoms with E-state index in [1.54, 1.807) is 34.1 Å². The average molecular weight is 595 g/mol. The summed E-state index contributed by atoms with van der Waals surface area (Å²) in [7, 11) is 0. The smallest absolute Gasteiger partial charge is 0.410 e. The first-order valence-corrected chi connectivity index (χ1v) is 14.7. The van der Waals surface area contributed by atoms with Crippen LogP contribution in [0.15, 0.2) is 91.0 Å². The lowest BCUT2D eigenvalue weighted by Crippen LogP contribution is -2.59. The molecule has 0 saturated carbocycles. The number of carbonyl (C=O) groups is 3. The number of benzene rings is 3. The molecule has 1 atom stereocenters. The lowest BCUT2D eigenvalue weighted by atomic mass is 10.0. The molecule has 0 spiro atoms. The van der Waals surface area contributed by atoms with Crippen molar-refractivity contribution in [2.24, 2.45) is 5.73 Å². The Morgan fingerprint density at radius 3 is 2.14 bits per heavy atom. The summed E-state index contributed by atoms with van der Waals surface area (Å²) in [5.41, 5.74) is 9.26. The zero-order chi connectivity index (χ0) is 31.4. The van der Waals surface area contributed by atoms with E-state index in [1.165, 1.54) is 0 Å². The number of nitrogens with zero attached hydrogens (tertiary/aromatic N) is 3. The van der Waals surface area contributed by atoms with Crippen molar-refractivity contribution in [1.82, 2.24) is 14.4 Å². The van der Waals surface area contributed by atoms with Gasteiger partial charge in [0.25, 0.3) is 5.91 Å². The van der Waals surface area contributed by atoms with Gasteiger partial charge < -0.3 is 29.6 Å². The van der Waals surface area contributed by atoms with Gasteiger partial charge in [0.1, 0.15) is 18.0 Å². The van der Waals surface area contributed by atoms with Crippen LogP contribution in [0.2, 0.25) is 0 Å². The number of piperazine rings is 1. The molecule has 2 heterocycles. The van der Waals surface area contributed by atoms with Crippen LogP contribution < -0.4 is 10.5 Å². The average Bonchev–Trinajstić information content (AvgIpc) is 3.36. The van der Waals surface area contributed by atoms with Gasteiger partial charge in [-0.2, -0.15) is 0 Å². The second-order valence-corrected chi connectivity index (χ2v) is 11.9. The summed E-state index contributed by atoms with van der Waals surface area (Å²) in [4.78, 5) is 42.5. The maximum absolute atomic E-state index is 14.5. The predicted octanol–water partition coefficient (Wildman–Crippen LogP) is 5.69. The second-order valence-electron chi connectivity index (χ2n) is 11.9. The zero-order valence-corrected chi connectivity index (χ0v) is 25.5. The van der Waals surface area contributed by atoms with Crippen LogP contribution in [0, 0.1) is 6.92 Å². The topological polar surface area (TPSA) is 107 Å². The molecular formula is C35H38N4O5. The highest BCUT2D eigenvalue weighted by atomic mass is 16.6. The highest BCUT2D eigenvalue weighted by Crippen LogP contribution is 2.33. The molecule has 0 aliphatic carbocycles. The fraction of sp³-hybridized carbons (Fsp3) is 0.286. The van der Waals surface area contributed by atoms with Crippen LogP contribution in [-0.4, -0.2) is 70.2 Å². The summed E-state index contributed by atoms with van der Waals surface area (Å²) < 4.78 is 13.9. The van der Waals surface area contributed by atoms with Crippen LogP contribution in [0.3, 0.4) is 0 Å². The Labute approximate surface area is 257 Å². The number of aromatic nitrogens is 1. The van der Waals surface area contributed by atoms with Gasteiger partial charge in [-0.3, -0.25) is 9.59 Å². The fourth-order valence-electron chi connectivity index (χ4n) is 5.41. The Kier molecular flexibility index (Phi) is 8.76. The number of para-hydroxylation sites is 1. The number of carbonyl (C=O) groups excluding carboxylic acids is 3. The summed E-state index contributed by atoms with van der Waals surface area (Å²) in [6, 6.07) is 27.8. The van der Waals surface area contributed by atoms with Gasteiger partial charge in [0.05, 0.1) is 17.3 Å². The fourth-order valence-corrected chi connectivity index (χ4v) is 5.41. The maximum atomic E-state index is 14.5. The van der Waals surface area contributed by atoms with Crippen LogP contribution in [0.1, 0.15) is 47.2 Å². The first-order valence-electron chi connectivity index (χ1n) is 14.7. The summed E-state index contributed by atoms with van der Waals surface area (Å²) in [6.07, 6.45) is -0.434. The van der Waals surface area contributed by atoms with Crippen LogP contribution in [-0.2, 0) is 4.74 Å². The molecule has 9 heteroatoms. The Balaban J connectivity index is 1.49. The Hall–Kier alpha value is -5.05. The number of hydrogen-bond donors (Lipinski definition) is 1. The third-order valence-corrected chi connectivity index (χ3v) is 7.45. The number of hydrogen-bond acceptors (Lipinski definition) is 5. The monoisotopic (exact) mass is 594 g/mol. The number of nitrogens with two attached hydrogens (primary N) is 1. The molecule has 1 aliphatic rings. The molecule has 3 aromatic carbocycles. The molecule has 2 N–H and O–H groups in total. The quantitative estimate of drug-likeness (QED) is 0.296. The molecule has 228 valence electrons. The van der Waals surface area contributed by atoms with Crippen LogP contribution in [0.25, 0.3) is 16.9 Å². The van der Waals surface area contributed by atoms with E-state index in [2.05, 4.69) is 4.57 Å². The minimum atomic E-state index is -0.652. The Morgan fingerprint density at radius 2 is 1.52 bits per heavy atom. The van der Waals surface area contributed by atoms with Crippen molar-refractivity contribution in [1.29, 1.82) is 0 Å². The van der Waals surface area contributed by atoms with E-state index < -0.39 is 23.6 Å². The standard InChI is InChI=1S/C35H38N4O5/c1-24-21-30(31(25-11-7-5-8-12-25)39(24)27-13-9-6-10-14-27)33(41)38-20-19-37(34(42)44-35(2,3)4)22-28(38)23-43-29-17-15-26(16-18-29)32(36)40/h5-18,21,28H,19-20,22-23H2,1-4H3,(H2,36,40). The van der Waals surface area contributed by atoms with Gasteiger partial charge in [-0.25, -0.2) is 4.79 Å². The van der Waals surface area contributed by atoms with Gasteiger partial charge >= 0.3 is 6.09 Å². The molecule has 9 nitrogen and oxygen atoms in total. The summed E-state index contributed by atoms with van der Waals surface area (Å²) >= 11 is 0. The van der Waals surface area contributed by atoms with E-state index in [0.29, 0.717) is 30.0 Å². The van der Waals surface area contributed by atoms with Gasteiger partial charge in [0, 0.05) is 36.6 Å². The molecule has 0 radical (unpaired) electrons. The van der Waals surface area contributed by atoms with E-state index in [9.17, 15) is 14.4 Å². The first-order chi connectivity index (χ1) is 21.0. The molecule has 1 aromatic heterocycles. The lowest BCUT2D eigenvalue weighted by Gasteiger charge is -2.41. The van der Waals surface area contributed by atoms with Crippen LogP contribution >= 0.6 is 0 Å². The number of ether oxygens (including phenoxy) is 2. The lowest BCUT2D eigenvalue weighted by molar-refractivity contribution is -0.000913. The number of rotatable bonds is 7. The van der Waals surface area contributed by atoms with Gasteiger partial charge in [-0.05, 0) is 75.7 Å². The molecule has 1 unspecified atom stereocenters. The Bertz CT molecular complexity index is 1630. The summed E-state index contributed by atoms with van der Waals surface area (Å²) in [5, 5.41) is 0. The first kappa shape index (κ1) is 30.4. The number of aryl methyl sites for hydroxylation is 1. The molecule has 3 amide bonds. The molecular weight excluding hydrogens is 556 g/mol. The zero-order valence-electron chi connectivity index (χ0n) is 25.5. The largest absolute Gasteiger partial charge is 0.491 e. The second kappa shape index (κ2) is 12.7. The van der Waals surface area contributed by atoms with Crippen molar-refractivity contribution in [3.63, 3.8) is 0 Å². The van der Waals surface area contributed by atoms with Gasteiger partial charge in [0.15, 0.2) is 0 Å². The maximum Gasteiger partial charge on any atom is 0.410 e. The predicted molar refractivity (Wildman–Crippen MR) is 169 cm³/mol. The highest BCUT2D eigenvalue weighted by Gasteiger charge is 2.37.